The van der Waals surface area contributed by atoms with Crippen LogP contribution in [-0.4, -0.2) is 26.8 Å². The van der Waals surface area contributed by atoms with Crippen molar-refractivity contribution in [3.8, 4) is 0 Å². The third-order valence-corrected chi connectivity index (χ3v) is 5.52. The van der Waals surface area contributed by atoms with Gasteiger partial charge >= 0.3 is 0 Å². The standard InChI is InChI=1S/C19H21N3O4S/c1-13-4-7-15(12-17(13)27(20,25)26)21-18(23)11-14-5-8-16(9-6-14)22-10-2-3-19(22)24/h4-9,12H,2-3,10-11H2,1H3,(H,21,23)(H2,20,25,26). The van der Waals surface area contributed by atoms with E-state index in [4.69, 9.17) is 5.14 Å². The van der Waals surface area contributed by atoms with E-state index >= 15 is 0 Å². The van der Waals surface area contributed by atoms with Gasteiger partial charge in [0, 0.05) is 24.3 Å². The number of aryl methyl sites for hydroxylation is 1. The van der Waals surface area contributed by atoms with Crippen molar-refractivity contribution in [3.05, 3.63) is 53.6 Å². The van der Waals surface area contributed by atoms with Gasteiger partial charge in [-0.05, 0) is 48.7 Å². The summed E-state index contributed by atoms with van der Waals surface area (Å²) >= 11 is 0. The lowest BCUT2D eigenvalue weighted by molar-refractivity contribution is -0.117. The van der Waals surface area contributed by atoms with Crippen LogP contribution < -0.4 is 15.4 Å². The molecule has 0 aliphatic carbocycles. The van der Waals surface area contributed by atoms with Crippen LogP contribution in [0.2, 0.25) is 0 Å². The molecule has 0 unspecified atom stereocenters. The van der Waals surface area contributed by atoms with Crippen LogP contribution in [0.1, 0.15) is 24.0 Å². The predicted molar refractivity (Wildman–Crippen MR) is 103 cm³/mol. The monoisotopic (exact) mass is 387 g/mol. The van der Waals surface area contributed by atoms with Crippen LogP contribution in [0.3, 0.4) is 0 Å². The summed E-state index contributed by atoms with van der Waals surface area (Å²) in [5.74, 6) is -0.158. The van der Waals surface area contributed by atoms with Crippen molar-refractivity contribution in [3.63, 3.8) is 0 Å². The summed E-state index contributed by atoms with van der Waals surface area (Å²) < 4.78 is 23.2. The highest BCUT2D eigenvalue weighted by Gasteiger charge is 2.21. The number of carbonyl (C=O) groups is 2. The quantitative estimate of drug-likeness (QED) is 0.817. The Balaban J connectivity index is 1.67. The predicted octanol–water partition coefficient (Wildman–Crippen LogP) is 1.95. The van der Waals surface area contributed by atoms with Crippen LogP contribution >= 0.6 is 0 Å². The molecular weight excluding hydrogens is 366 g/mol. The van der Waals surface area contributed by atoms with Crippen molar-refractivity contribution >= 4 is 33.2 Å². The minimum atomic E-state index is -3.85. The zero-order valence-corrected chi connectivity index (χ0v) is 15.8. The molecule has 1 saturated heterocycles. The summed E-state index contributed by atoms with van der Waals surface area (Å²) in [6, 6.07) is 11.9. The molecule has 1 aliphatic rings. The number of nitrogens with one attached hydrogen (secondary N) is 1. The molecule has 3 rings (SSSR count). The Bertz CT molecular complexity index is 985. The summed E-state index contributed by atoms with van der Waals surface area (Å²) in [4.78, 5) is 25.8. The zero-order valence-electron chi connectivity index (χ0n) is 14.9. The van der Waals surface area contributed by atoms with Gasteiger partial charge in [-0.2, -0.15) is 0 Å². The maximum absolute atomic E-state index is 12.3. The fraction of sp³-hybridized carbons (Fsp3) is 0.263. The maximum Gasteiger partial charge on any atom is 0.238 e. The Morgan fingerprint density at radius 1 is 1.19 bits per heavy atom. The van der Waals surface area contributed by atoms with Gasteiger partial charge in [0.2, 0.25) is 21.8 Å². The summed E-state index contributed by atoms with van der Waals surface area (Å²) in [6.45, 7) is 2.36. The summed E-state index contributed by atoms with van der Waals surface area (Å²) in [5, 5.41) is 7.87. The number of carbonyl (C=O) groups excluding carboxylic acids is 2. The van der Waals surface area contributed by atoms with E-state index in [0.29, 0.717) is 17.7 Å². The lowest BCUT2D eigenvalue weighted by Gasteiger charge is -2.16. The summed E-state index contributed by atoms with van der Waals surface area (Å²) in [6.07, 6.45) is 1.56. The largest absolute Gasteiger partial charge is 0.326 e. The number of sulfonamides is 1. The van der Waals surface area contributed by atoms with E-state index < -0.39 is 10.0 Å². The average molecular weight is 387 g/mol. The molecule has 8 heteroatoms. The van der Waals surface area contributed by atoms with Crippen molar-refractivity contribution in [1.29, 1.82) is 0 Å². The molecule has 1 aliphatic heterocycles. The van der Waals surface area contributed by atoms with E-state index in [0.717, 1.165) is 24.2 Å². The molecule has 7 nitrogen and oxygen atoms in total. The van der Waals surface area contributed by atoms with Crippen molar-refractivity contribution < 1.29 is 18.0 Å². The second-order valence-corrected chi connectivity index (χ2v) is 8.10. The van der Waals surface area contributed by atoms with Gasteiger partial charge in [-0.1, -0.05) is 18.2 Å². The SMILES string of the molecule is Cc1ccc(NC(=O)Cc2ccc(N3CCCC3=O)cc2)cc1S(N)(=O)=O. The summed E-state index contributed by atoms with van der Waals surface area (Å²) in [7, 11) is -3.85. The molecule has 1 heterocycles. The third kappa shape index (κ3) is 4.53. The fourth-order valence-electron chi connectivity index (χ4n) is 3.09. The molecule has 0 bridgehead atoms. The Kier molecular flexibility index (Phi) is 5.29. The van der Waals surface area contributed by atoms with Gasteiger partial charge in [-0.3, -0.25) is 9.59 Å². The van der Waals surface area contributed by atoms with Crippen LogP contribution in [0.25, 0.3) is 0 Å². The topological polar surface area (TPSA) is 110 Å². The van der Waals surface area contributed by atoms with E-state index in [1.807, 2.05) is 24.3 Å². The lowest BCUT2D eigenvalue weighted by Crippen LogP contribution is -2.23. The van der Waals surface area contributed by atoms with E-state index in [9.17, 15) is 18.0 Å². The number of anilines is 2. The van der Waals surface area contributed by atoms with Crippen LogP contribution in [0.4, 0.5) is 11.4 Å². The molecule has 142 valence electrons. The number of primary sulfonamides is 1. The number of hydrogen-bond acceptors (Lipinski definition) is 4. The van der Waals surface area contributed by atoms with Gasteiger partial charge in [0.05, 0.1) is 11.3 Å². The minimum Gasteiger partial charge on any atom is -0.326 e. The molecule has 0 saturated carbocycles. The number of rotatable bonds is 5. The third-order valence-electron chi connectivity index (χ3n) is 4.46. The van der Waals surface area contributed by atoms with Crippen molar-refractivity contribution in [1.82, 2.24) is 0 Å². The number of amides is 2. The Hall–Kier alpha value is -2.71. The fourth-order valence-corrected chi connectivity index (χ4v) is 3.90. The first-order valence-electron chi connectivity index (χ1n) is 8.56. The van der Waals surface area contributed by atoms with E-state index in [1.54, 1.807) is 24.0 Å². The van der Waals surface area contributed by atoms with Gasteiger partial charge in [-0.15, -0.1) is 0 Å². The molecule has 0 spiro atoms. The smallest absolute Gasteiger partial charge is 0.238 e. The maximum atomic E-state index is 12.3. The molecule has 3 N–H and O–H groups in total. The first-order valence-corrected chi connectivity index (χ1v) is 10.1. The molecule has 0 radical (unpaired) electrons. The van der Waals surface area contributed by atoms with Gasteiger partial charge in [0.1, 0.15) is 0 Å². The molecule has 2 amide bonds. The number of nitrogens with zero attached hydrogens (tertiary/aromatic N) is 1. The first kappa shape index (κ1) is 19.1. The molecule has 0 atom stereocenters. The zero-order chi connectivity index (χ0) is 19.6. The van der Waals surface area contributed by atoms with Gasteiger partial charge in [0.25, 0.3) is 0 Å². The summed E-state index contributed by atoms with van der Waals surface area (Å²) in [5.41, 5.74) is 2.51. The molecule has 27 heavy (non-hydrogen) atoms. The first-order chi connectivity index (χ1) is 12.7. The van der Waals surface area contributed by atoms with Gasteiger partial charge in [0.15, 0.2) is 0 Å². The van der Waals surface area contributed by atoms with E-state index in [1.165, 1.54) is 6.07 Å². The second-order valence-electron chi connectivity index (χ2n) is 6.57. The second kappa shape index (κ2) is 7.50. The average Bonchev–Trinajstić information content (AvgIpc) is 3.02. The highest BCUT2D eigenvalue weighted by atomic mass is 32.2. The van der Waals surface area contributed by atoms with Crippen LogP contribution in [0.5, 0.6) is 0 Å². The highest BCUT2D eigenvalue weighted by Crippen LogP contribution is 2.22. The molecule has 1 fully saturated rings. The number of nitrogens with two attached hydrogens (primary N) is 1. The Labute approximate surface area is 158 Å². The number of hydrogen-bond donors (Lipinski definition) is 2. The highest BCUT2D eigenvalue weighted by molar-refractivity contribution is 7.89. The molecular formula is C19H21N3O4S. The van der Waals surface area contributed by atoms with Crippen LogP contribution in [0.15, 0.2) is 47.4 Å². The minimum absolute atomic E-state index is 0.0140. The van der Waals surface area contributed by atoms with Crippen LogP contribution in [0, 0.1) is 6.92 Å². The molecule has 2 aromatic carbocycles. The van der Waals surface area contributed by atoms with Gasteiger partial charge < -0.3 is 10.2 Å². The van der Waals surface area contributed by atoms with Crippen LogP contribution in [-0.2, 0) is 26.0 Å². The Morgan fingerprint density at radius 2 is 1.89 bits per heavy atom. The lowest BCUT2D eigenvalue weighted by atomic mass is 10.1. The van der Waals surface area contributed by atoms with Crippen molar-refractivity contribution in [2.24, 2.45) is 5.14 Å². The normalized spacial score (nSPS) is 14.4. The van der Waals surface area contributed by atoms with E-state index in [2.05, 4.69) is 5.32 Å². The van der Waals surface area contributed by atoms with Gasteiger partial charge in [-0.25, -0.2) is 13.6 Å². The van der Waals surface area contributed by atoms with Crippen molar-refractivity contribution in [2.45, 2.75) is 31.1 Å². The Morgan fingerprint density at radius 3 is 2.48 bits per heavy atom. The molecule has 2 aromatic rings. The molecule has 0 aromatic heterocycles. The van der Waals surface area contributed by atoms with Crippen molar-refractivity contribution in [2.75, 3.05) is 16.8 Å². The van der Waals surface area contributed by atoms with E-state index in [-0.39, 0.29) is 23.1 Å². The number of benzene rings is 2.